The Hall–Kier alpha value is -3.58. The van der Waals surface area contributed by atoms with Crippen molar-refractivity contribution in [3.8, 4) is 0 Å². The van der Waals surface area contributed by atoms with E-state index in [0.29, 0.717) is 0 Å². The molecule has 1 heterocycles. The first-order valence-electron chi connectivity index (χ1n) is 16.1. The summed E-state index contributed by atoms with van der Waals surface area (Å²) in [4.78, 5) is 3.38. The summed E-state index contributed by atoms with van der Waals surface area (Å²) in [6.45, 7) is 4.57. The molecule has 1 heteroatoms. The van der Waals surface area contributed by atoms with Gasteiger partial charge in [-0.2, -0.15) is 0 Å². The number of aromatic amines is 1. The van der Waals surface area contributed by atoms with Crippen LogP contribution in [0.15, 0.2) is 109 Å². The van der Waals surface area contributed by atoms with E-state index in [-0.39, 0.29) is 0 Å². The molecule has 0 aliphatic carbocycles. The van der Waals surface area contributed by atoms with Gasteiger partial charge in [0.15, 0.2) is 0 Å². The molecule has 41 heavy (non-hydrogen) atoms. The number of H-pyrrole nitrogens is 1. The molecule has 6 aromatic rings. The van der Waals surface area contributed by atoms with Gasteiger partial charge in [0.05, 0.1) is 0 Å². The molecule has 0 saturated carbocycles. The van der Waals surface area contributed by atoms with E-state index in [1.807, 2.05) is 0 Å². The summed E-state index contributed by atoms with van der Waals surface area (Å²) in [6, 6.07) is 38.1. The van der Waals surface area contributed by atoms with Gasteiger partial charge in [0.1, 0.15) is 0 Å². The van der Waals surface area contributed by atoms with Crippen LogP contribution < -0.4 is 0 Å². The quantitative estimate of drug-likeness (QED) is 0.123. The Balaban J connectivity index is 0.000000142. The minimum Gasteiger partial charge on any atom is -0.355 e. The lowest BCUT2D eigenvalue weighted by Crippen LogP contribution is -1.81. The van der Waals surface area contributed by atoms with Crippen LogP contribution in [0.4, 0.5) is 0 Å². The van der Waals surface area contributed by atoms with Gasteiger partial charge in [0, 0.05) is 21.8 Å². The molecular formula is C40H49N. The lowest BCUT2D eigenvalue weighted by molar-refractivity contribution is 0.548. The molecule has 0 amide bonds. The number of fused-ring (bicyclic) bond motifs is 6. The maximum Gasteiger partial charge on any atom is 0.0464 e. The predicted octanol–water partition coefficient (Wildman–Crippen LogP) is 13.0. The zero-order chi connectivity index (χ0) is 28.5. The Kier molecular flexibility index (Phi) is 12.8. The van der Waals surface area contributed by atoms with Crippen molar-refractivity contribution in [2.24, 2.45) is 0 Å². The molecule has 0 saturated heterocycles. The van der Waals surface area contributed by atoms with E-state index in [4.69, 9.17) is 0 Å². The molecule has 0 aliphatic heterocycles. The predicted molar refractivity (Wildman–Crippen MR) is 184 cm³/mol. The Morgan fingerprint density at radius 1 is 0.341 bits per heavy atom. The van der Waals surface area contributed by atoms with E-state index >= 15 is 0 Å². The van der Waals surface area contributed by atoms with Crippen molar-refractivity contribution in [1.29, 1.82) is 0 Å². The molecule has 0 aliphatic rings. The standard InChI is InChI=1S/C14H10.C14H30.C12H9N/c1-3-7-13-11(5-1)9-10-12-6-2-4-8-14(12)13;1-3-5-7-9-11-13-14-12-10-8-6-4-2;1-3-7-11-9(5-1)10-6-2-4-8-12(10)13-11/h1-10H;3-14H2,1-2H3;1-8,13H. The highest BCUT2D eigenvalue weighted by Gasteiger charge is 2.00. The SMILES string of the molecule is CCCCCCCCCCCCCC.c1ccc2c(c1)[nH]c1ccccc12.c1ccc2c(c1)ccc1ccccc12. The second-order valence-electron chi connectivity index (χ2n) is 11.3. The summed E-state index contributed by atoms with van der Waals surface area (Å²) in [5.74, 6) is 0. The van der Waals surface area contributed by atoms with E-state index in [0.717, 1.165) is 0 Å². The average molecular weight is 544 g/mol. The highest BCUT2D eigenvalue weighted by atomic mass is 14.7. The largest absolute Gasteiger partial charge is 0.355 e. The summed E-state index contributed by atoms with van der Waals surface area (Å²) >= 11 is 0. The Morgan fingerprint density at radius 2 is 0.659 bits per heavy atom. The van der Waals surface area contributed by atoms with Gasteiger partial charge in [-0.05, 0) is 33.7 Å². The first kappa shape index (κ1) is 30.4. The van der Waals surface area contributed by atoms with Gasteiger partial charge in [-0.25, -0.2) is 0 Å². The van der Waals surface area contributed by atoms with Crippen LogP contribution in [-0.4, -0.2) is 4.98 Å². The summed E-state index contributed by atoms with van der Waals surface area (Å²) < 4.78 is 0. The summed E-state index contributed by atoms with van der Waals surface area (Å²) in [5.41, 5.74) is 2.42. The van der Waals surface area contributed by atoms with Crippen molar-refractivity contribution in [2.45, 2.75) is 90.9 Å². The molecule has 1 aromatic heterocycles. The maximum absolute atomic E-state index is 3.38. The number of rotatable bonds is 11. The van der Waals surface area contributed by atoms with Gasteiger partial charge in [-0.15, -0.1) is 0 Å². The van der Waals surface area contributed by atoms with E-state index in [2.05, 4.69) is 128 Å². The maximum atomic E-state index is 3.38. The van der Waals surface area contributed by atoms with Crippen LogP contribution in [0.5, 0.6) is 0 Å². The fraction of sp³-hybridized carbons (Fsp3) is 0.350. The highest BCUT2D eigenvalue weighted by Crippen LogP contribution is 2.25. The zero-order valence-corrected chi connectivity index (χ0v) is 25.4. The molecule has 1 nitrogen and oxygen atoms in total. The fourth-order valence-electron chi connectivity index (χ4n) is 5.67. The van der Waals surface area contributed by atoms with Gasteiger partial charge in [0.2, 0.25) is 0 Å². The number of hydrogen-bond acceptors (Lipinski definition) is 0. The molecule has 0 unspecified atom stereocenters. The number of para-hydroxylation sites is 2. The topological polar surface area (TPSA) is 15.8 Å². The second kappa shape index (κ2) is 17.3. The molecule has 0 bridgehead atoms. The van der Waals surface area contributed by atoms with Crippen molar-refractivity contribution in [3.05, 3.63) is 109 Å². The third-order valence-corrected chi connectivity index (χ3v) is 8.02. The number of hydrogen-bond donors (Lipinski definition) is 1. The van der Waals surface area contributed by atoms with Gasteiger partial charge in [-0.3, -0.25) is 0 Å². The van der Waals surface area contributed by atoms with Crippen molar-refractivity contribution in [2.75, 3.05) is 0 Å². The van der Waals surface area contributed by atoms with E-state index in [1.54, 1.807) is 0 Å². The first-order chi connectivity index (χ1) is 20.3. The molecule has 214 valence electrons. The molecule has 0 atom stereocenters. The Labute approximate surface area is 248 Å². The molecule has 5 aromatic carbocycles. The van der Waals surface area contributed by atoms with Gasteiger partial charge in [-0.1, -0.05) is 188 Å². The van der Waals surface area contributed by atoms with Crippen molar-refractivity contribution in [3.63, 3.8) is 0 Å². The lowest BCUT2D eigenvalue weighted by atomic mass is 10.0. The monoisotopic (exact) mass is 543 g/mol. The normalized spacial score (nSPS) is 10.9. The first-order valence-corrected chi connectivity index (χ1v) is 16.1. The fourth-order valence-corrected chi connectivity index (χ4v) is 5.67. The van der Waals surface area contributed by atoms with Gasteiger partial charge >= 0.3 is 0 Å². The van der Waals surface area contributed by atoms with Crippen molar-refractivity contribution >= 4 is 43.4 Å². The molecule has 1 N–H and O–H groups in total. The van der Waals surface area contributed by atoms with E-state index in [1.165, 1.54) is 120 Å². The minimum absolute atomic E-state index is 1.21. The van der Waals surface area contributed by atoms with E-state index < -0.39 is 0 Å². The third-order valence-electron chi connectivity index (χ3n) is 8.02. The number of aromatic nitrogens is 1. The van der Waals surface area contributed by atoms with Gasteiger partial charge in [0.25, 0.3) is 0 Å². The highest BCUT2D eigenvalue weighted by molar-refractivity contribution is 6.07. The van der Waals surface area contributed by atoms with Crippen molar-refractivity contribution < 1.29 is 0 Å². The average Bonchev–Trinajstić information content (AvgIpc) is 3.41. The number of benzene rings is 5. The summed E-state index contributed by atoms with van der Waals surface area (Å²) in [5, 5.41) is 7.91. The van der Waals surface area contributed by atoms with Crippen LogP contribution in [-0.2, 0) is 0 Å². The number of nitrogens with one attached hydrogen (secondary N) is 1. The van der Waals surface area contributed by atoms with Crippen LogP contribution in [0.3, 0.4) is 0 Å². The Bertz CT molecular complexity index is 1460. The number of unbranched alkanes of at least 4 members (excludes halogenated alkanes) is 11. The van der Waals surface area contributed by atoms with Crippen LogP contribution in [0.1, 0.15) is 90.9 Å². The zero-order valence-electron chi connectivity index (χ0n) is 25.4. The summed E-state index contributed by atoms with van der Waals surface area (Å²) in [6.07, 6.45) is 17.4. The third kappa shape index (κ3) is 9.22. The van der Waals surface area contributed by atoms with Crippen LogP contribution in [0.2, 0.25) is 0 Å². The molecule has 0 radical (unpaired) electrons. The Morgan fingerprint density at radius 3 is 1.05 bits per heavy atom. The minimum atomic E-state index is 1.21. The van der Waals surface area contributed by atoms with Crippen LogP contribution >= 0.6 is 0 Å². The molecule has 0 fully saturated rings. The second-order valence-corrected chi connectivity index (χ2v) is 11.3. The van der Waals surface area contributed by atoms with E-state index in [9.17, 15) is 0 Å². The van der Waals surface area contributed by atoms with Crippen molar-refractivity contribution in [1.82, 2.24) is 4.98 Å². The molecular weight excluding hydrogens is 494 g/mol. The molecule has 0 spiro atoms. The molecule has 6 rings (SSSR count). The van der Waals surface area contributed by atoms with Crippen LogP contribution in [0, 0.1) is 0 Å². The summed E-state index contributed by atoms with van der Waals surface area (Å²) in [7, 11) is 0. The van der Waals surface area contributed by atoms with Crippen LogP contribution in [0.25, 0.3) is 43.4 Å². The lowest BCUT2D eigenvalue weighted by Gasteiger charge is -2.02. The smallest absolute Gasteiger partial charge is 0.0464 e. The van der Waals surface area contributed by atoms with Gasteiger partial charge < -0.3 is 4.98 Å².